The molecule has 1 rings (SSSR count). The number of nitrogens with one attached hydrogen (secondary N) is 1. The van der Waals surface area contributed by atoms with Crippen LogP contribution >= 0.6 is 11.8 Å². The summed E-state index contributed by atoms with van der Waals surface area (Å²) >= 11 is 1.64. The molecular weight excluding hydrogens is 280 g/mol. The van der Waals surface area contributed by atoms with Crippen molar-refractivity contribution in [2.24, 2.45) is 0 Å². The predicted molar refractivity (Wildman–Crippen MR) is 91.8 cm³/mol. The number of thioether (sulfide) groups is 1. The van der Waals surface area contributed by atoms with E-state index in [1.165, 1.54) is 5.56 Å². The molecule has 1 N–H and O–H groups in total. The van der Waals surface area contributed by atoms with E-state index in [9.17, 15) is 4.79 Å². The first kappa shape index (κ1) is 18.1. The van der Waals surface area contributed by atoms with Gasteiger partial charge in [-0.1, -0.05) is 19.1 Å². The van der Waals surface area contributed by atoms with Gasteiger partial charge in [-0.15, -0.1) is 11.8 Å². The molecule has 1 aromatic rings. The van der Waals surface area contributed by atoms with Crippen LogP contribution in [0.1, 0.15) is 46.2 Å². The lowest BCUT2D eigenvalue weighted by Gasteiger charge is -2.22. The lowest BCUT2D eigenvalue weighted by Crippen LogP contribution is -2.36. The smallest absolute Gasteiger partial charge is 0.235 e. The summed E-state index contributed by atoms with van der Waals surface area (Å²) in [5.41, 5.74) is 1.27. The van der Waals surface area contributed by atoms with Crippen LogP contribution in [0.15, 0.2) is 29.2 Å². The van der Waals surface area contributed by atoms with Crippen LogP contribution in [-0.4, -0.2) is 35.7 Å². The molecule has 0 aliphatic carbocycles. The number of rotatable bonds is 8. The van der Waals surface area contributed by atoms with Gasteiger partial charge in [0, 0.05) is 24.0 Å². The van der Waals surface area contributed by atoms with Crippen LogP contribution in [-0.2, 0) is 4.79 Å². The van der Waals surface area contributed by atoms with E-state index in [1.54, 1.807) is 11.8 Å². The predicted octanol–water partition coefficient (Wildman–Crippen LogP) is 3.71. The number of carbonyl (C=O) groups excluding carboxylic acids is 1. The Bertz CT molecular complexity index is 446. The van der Waals surface area contributed by atoms with Gasteiger partial charge in [0.15, 0.2) is 0 Å². The lowest BCUT2D eigenvalue weighted by atomic mass is 10.1. The van der Waals surface area contributed by atoms with Gasteiger partial charge in [-0.3, -0.25) is 4.79 Å². The molecule has 118 valence electrons. The summed E-state index contributed by atoms with van der Waals surface area (Å²) in [5, 5.41) is 3.37. The maximum atomic E-state index is 12.3. The quantitative estimate of drug-likeness (QED) is 0.743. The van der Waals surface area contributed by atoms with E-state index in [1.807, 2.05) is 25.7 Å². The normalized spacial score (nSPS) is 13.8. The summed E-state index contributed by atoms with van der Waals surface area (Å²) in [6.45, 7) is 12.8. The van der Waals surface area contributed by atoms with E-state index in [2.05, 4.69) is 43.4 Å². The van der Waals surface area contributed by atoms with Crippen LogP contribution in [0.3, 0.4) is 0 Å². The second-order valence-corrected chi connectivity index (χ2v) is 6.54. The molecule has 0 fully saturated rings. The van der Waals surface area contributed by atoms with E-state index in [0.717, 1.165) is 24.5 Å². The van der Waals surface area contributed by atoms with Crippen molar-refractivity contribution in [2.75, 3.05) is 19.6 Å². The summed E-state index contributed by atoms with van der Waals surface area (Å²) in [6.07, 6.45) is 0. The average molecular weight is 308 g/mol. The Kier molecular flexibility index (Phi) is 7.83. The van der Waals surface area contributed by atoms with E-state index >= 15 is 0 Å². The van der Waals surface area contributed by atoms with Crippen molar-refractivity contribution >= 4 is 17.7 Å². The largest absolute Gasteiger partial charge is 0.342 e. The van der Waals surface area contributed by atoms with Gasteiger partial charge in [-0.2, -0.15) is 0 Å². The molecule has 21 heavy (non-hydrogen) atoms. The van der Waals surface area contributed by atoms with Gasteiger partial charge in [-0.05, 0) is 51.9 Å². The molecule has 3 nitrogen and oxygen atoms in total. The second-order valence-electron chi connectivity index (χ2n) is 5.12. The highest BCUT2D eigenvalue weighted by Gasteiger charge is 2.19. The molecule has 0 saturated carbocycles. The summed E-state index contributed by atoms with van der Waals surface area (Å²) < 4.78 is 0. The number of carbonyl (C=O) groups is 1. The molecule has 1 aromatic carbocycles. The maximum absolute atomic E-state index is 12.3. The zero-order valence-electron chi connectivity index (χ0n) is 13.8. The Morgan fingerprint density at radius 2 is 1.90 bits per heavy atom. The molecule has 0 radical (unpaired) electrons. The summed E-state index contributed by atoms with van der Waals surface area (Å²) in [5.74, 6) is 0.218. The molecule has 0 aliphatic heterocycles. The molecule has 0 bridgehead atoms. The minimum Gasteiger partial charge on any atom is -0.342 e. The highest BCUT2D eigenvalue weighted by molar-refractivity contribution is 8.00. The molecule has 0 aromatic heterocycles. The summed E-state index contributed by atoms with van der Waals surface area (Å²) in [4.78, 5) is 15.4. The second kappa shape index (κ2) is 9.11. The molecule has 2 atom stereocenters. The third-order valence-electron chi connectivity index (χ3n) is 3.60. The number of amides is 1. The first-order valence-electron chi connectivity index (χ1n) is 7.82. The van der Waals surface area contributed by atoms with Crippen LogP contribution in [0, 0.1) is 0 Å². The Morgan fingerprint density at radius 1 is 1.24 bits per heavy atom. The standard InChI is InChI=1S/C17H28N2OS/c1-6-18-13(4)15-10-9-11-16(12-15)21-14(5)17(20)19(7-2)8-3/h9-14,18H,6-8H2,1-5H3. The van der Waals surface area contributed by atoms with Gasteiger partial charge in [0.2, 0.25) is 5.91 Å². The third-order valence-corrected chi connectivity index (χ3v) is 4.69. The van der Waals surface area contributed by atoms with Gasteiger partial charge in [0.1, 0.15) is 0 Å². The van der Waals surface area contributed by atoms with Crippen LogP contribution < -0.4 is 5.32 Å². The van der Waals surface area contributed by atoms with Gasteiger partial charge in [0.25, 0.3) is 0 Å². The molecule has 0 spiro atoms. The van der Waals surface area contributed by atoms with Gasteiger partial charge in [-0.25, -0.2) is 0 Å². The molecule has 4 heteroatoms. The lowest BCUT2D eigenvalue weighted by molar-refractivity contribution is -0.129. The first-order chi connectivity index (χ1) is 10.0. The Balaban J connectivity index is 2.74. The third kappa shape index (κ3) is 5.36. The molecule has 0 saturated heterocycles. The topological polar surface area (TPSA) is 32.3 Å². The van der Waals surface area contributed by atoms with Crippen LogP contribution in [0.5, 0.6) is 0 Å². The van der Waals surface area contributed by atoms with Crippen molar-refractivity contribution in [3.8, 4) is 0 Å². The highest BCUT2D eigenvalue weighted by Crippen LogP contribution is 2.27. The maximum Gasteiger partial charge on any atom is 0.235 e. The number of hydrogen-bond donors (Lipinski definition) is 1. The number of nitrogens with zero attached hydrogens (tertiary/aromatic N) is 1. The molecule has 1 amide bonds. The minimum absolute atomic E-state index is 0.0467. The molecule has 0 aliphatic rings. The Hall–Kier alpha value is -1.00. The van der Waals surface area contributed by atoms with E-state index in [0.29, 0.717) is 6.04 Å². The van der Waals surface area contributed by atoms with Gasteiger partial charge in [0.05, 0.1) is 5.25 Å². The van der Waals surface area contributed by atoms with E-state index in [-0.39, 0.29) is 11.2 Å². The minimum atomic E-state index is -0.0467. The van der Waals surface area contributed by atoms with E-state index in [4.69, 9.17) is 0 Å². The average Bonchev–Trinajstić information content (AvgIpc) is 2.48. The first-order valence-corrected chi connectivity index (χ1v) is 8.70. The van der Waals surface area contributed by atoms with Crippen molar-refractivity contribution in [3.63, 3.8) is 0 Å². The van der Waals surface area contributed by atoms with Crippen molar-refractivity contribution in [1.29, 1.82) is 0 Å². The zero-order chi connectivity index (χ0) is 15.8. The number of hydrogen-bond acceptors (Lipinski definition) is 3. The van der Waals surface area contributed by atoms with E-state index < -0.39 is 0 Å². The van der Waals surface area contributed by atoms with Gasteiger partial charge >= 0.3 is 0 Å². The Labute approximate surface area is 133 Å². The fourth-order valence-electron chi connectivity index (χ4n) is 2.33. The van der Waals surface area contributed by atoms with Crippen molar-refractivity contribution in [2.45, 2.75) is 50.8 Å². The fourth-order valence-corrected chi connectivity index (χ4v) is 3.35. The number of benzene rings is 1. The SMILES string of the molecule is CCNC(C)c1cccc(SC(C)C(=O)N(CC)CC)c1. The fraction of sp³-hybridized carbons (Fsp3) is 0.588. The van der Waals surface area contributed by atoms with Crippen LogP contribution in [0.2, 0.25) is 0 Å². The summed E-state index contributed by atoms with van der Waals surface area (Å²) in [7, 11) is 0. The summed E-state index contributed by atoms with van der Waals surface area (Å²) in [6, 6.07) is 8.81. The van der Waals surface area contributed by atoms with Crippen molar-refractivity contribution < 1.29 is 4.79 Å². The van der Waals surface area contributed by atoms with Crippen molar-refractivity contribution in [3.05, 3.63) is 29.8 Å². The molecule has 2 unspecified atom stereocenters. The van der Waals surface area contributed by atoms with Gasteiger partial charge < -0.3 is 10.2 Å². The zero-order valence-corrected chi connectivity index (χ0v) is 14.7. The van der Waals surface area contributed by atoms with Crippen LogP contribution in [0.4, 0.5) is 0 Å². The monoisotopic (exact) mass is 308 g/mol. The van der Waals surface area contributed by atoms with Crippen LogP contribution in [0.25, 0.3) is 0 Å². The van der Waals surface area contributed by atoms with Crippen molar-refractivity contribution in [1.82, 2.24) is 10.2 Å². The molecular formula is C17H28N2OS. The highest BCUT2D eigenvalue weighted by atomic mass is 32.2. The molecule has 0 heterocycles. The Morgan fingerprint density at radius 3 is 2.48 bits per heavy atom.